The fourth-order valence-corrected chi connectivity index (χ4v) is 4.00. The van der Waals surface area contributed by atoms with Crippen LogP contribution in [0.25, 0.3) is 0 Å². The van der Waals surface area contributed by atoms with Gasteiger partial charge in [0.05, 0.1) is 11.4 Å². The molecule has 1 unspecified atom stereocenters. The first kappa shape index (κ1) is 20.3. The van der Waals surface area contributed by atoms with Crippen LogP contribution in [0.15, 0.2) is 65.7 Å². The Labute approximate surface area is 180 Å². The molecule has 0 saturated heterocycles. The van der Waals surface area contributed by atoms with Crippen molar-refractivity contribution in [3.63, 3.8) is 0 Å². The highest BCUT2D eigenvalue weighted by Crippen LogP contribution is 2.31. The van der Waals surface area contributed by atoms with E-state index in [4.69, 9.17) is 16.6 Å². The summed E-state index contributed by atoms with van der Waals surface area (Å²) in [6.07, 6.45) is 0.489. The number of amides is 1. The van der Waals surface area contributed by atoms with Gasteiger partial charge in [-0.2, -0.15) is 0 Å². The molecule has 1 amide bonds. The van der Waals surface area contributed by atoms with E-state index in [2.05, 4.69) is 19.9 Å². The molecule has 1 atom stereocenters. The van der Waals surface area contributed by atoms with E-state index in [1.54, 1.807) is 30.1 Å². The molecule has 0 spiro atoms. The molecule has 1 aliphatic heterocycles. The van der Waals surface area contributed by atoms with E-state index in [1.807, 2.05) is 24.3 Å². The van der Waals surface area contributed by atoms with Crippen molar-refractivity contribution in [2.24, 2.45) is 4.99 Å². The molecule has 30 heavy (non-hydrogen) atoms. The second-order valence-corrected chi connectivity index (χ2v) is 8.06. The van der Waals surface area contributed by atoms with Gasteiger partial charge >= 0.3 is 0 Å². The molecule has 1 aliphatic rings. The first-order valence-corrected chi connectivity index (χ1v) is 10.2. The molecule has 0 bridgehead atoms. The minimum atomic E-state index is -0.596. The molecule has 0 fully saturated rings. The van der Waals surface area contributed by atoms with Gasteiger partial charge in [-0.1, -0.05) is 29.8 Å². The Morgan fingerprint density at radius 3 is 2.53 bits per heavy atom. The molecule has 0 saturated carbocycles. The summed E-state index contributed by atoms with van der Waals surface area (Å²) in [6, 6.07) is 17.1. The molecule has 0 aromatic heterocycles. The van der Waals surface area contributed by atoms with Crippen molar-refractivity contribution >= 4 is 28.9 Å². The zero-order valence-corrected chi connectivity index (χ0v) is 17.9. The van der Waals surface area contributed by atoms with E-state index in [0.717, 1.165) is 27.9 Å². The van der Waals surface area contributed by atoms with Crippen molar-refractivity contribution in [3.8, 4) is 0 Å². The molecule has 0 aliphatic carbocycles. The normalized spacial score (nSPS) is 16.2. The number of rotatable bonds is 3. The summed E-state index contributed by atoms with van der Waals surface area (Å²) in [5.74, 6) is -0.406. The quantitative estimate of drug-likeness (QED) is 0.549. The van der Waals surface area contributed by atoms with Gasteiger partial charge in [0, 0.05) is 29.6 Å². The van der Waals surface area contributed by atoms with Crippen molar-refractivity contribution in [2.45, 2.75) is 26.3 Å². The van der Waals surface area contributed by atoms with Crippen LogP contribution in [0.5, 0.6) is 0 Å². The van der Waals surface area contributed by atoms with Gasteiger partial charge in [0.1, 0.15) is 11.9 Å². The maximum absolute atomic E-state index is 13.5. The van der Waals surface area contributed by atoms with Gasteiger partial charge in [0.15, 0.2) is 0 Å². The molecule has 5 heteroatoms. The lowest BCUT2D eigenvalue weighted by Gasteiger charge is -2.21. The Hall–Kier alpha value is -2.98. The van der Waals surface area contributed by atoms with Crippen LogP contribution in [0.2, 0.25) is 5.02 Å². The van der Waals surface area contributed by atoms with Crippen LogP contribution in [0.4, 0.5) is 10.1 Å². The first-order chi connectivity index (χ1) is 14.3. The molecule has 0 N–H and O–H groups in total. The van der Waals surface area contributed by atoms with Crippen LogP contribution in [0.1, 0.15) is 27.8 Å². The number of halogens is 2. The number of nitrogens with zero attached hydrogens (tertiary/aromatic N) is 2. The Kier molecular flexibility index (Phi) is 5.44. The molecule has 3 aromatic carbocycles. The first-order valence-electron chi connectivity index (χ1n) is 9.81. The lowest BCUT2D eigenvalue weighted by atomic mass is 9.97. The van der Waals surface area contributed by atoms with Crippen molar-refractivity contribution < 1.29 is 9.18 Å². The molecule has 3 nitrogen and oxygen atoms in total. The summed E-state index contributed by atoms with van der Waals surface area (Å²) in [5, 5.41) is 0.553. The number of carbonyl (C=O) groups excluding carboxylic acids is 1. The van der Waals surface area contributed by atoms with Gasteiger partial charge in [0.25, 0.3) is 5.91 Å². The van der Waals surface area contributed by atoms with Crippen LogP contribution in [-0.4, -0.2) is 24.7 Å². The number of hydrogen-bond acceptors (Lipinski definition) is 2. The maximum Gasteiger partial charge on any atom is 0.251 e. The number of hydrogen-bond donors (Lipinski definition) is 0. The molecule has 152 valence electrons. The zero-order chi connectivity index (χ0) is 21.4. The van der Waals surface area contributed by atoms with Crippen molar-refractivity contribution in [3.05, 3.63) is 99.3 Å². The topological polar surface area (TPSA) is 32.7 Å². The fourth-order valence-electron chi connectivity index (χ4n) is 3.83. The molecule has 4 rings (SSSR count). The largest absolute Gasteiger partial charge is 0.313 e. The Bertz CT molecular complexity index is 1150. The number of carbonyl (C=O) groups is 1. The molecule has 1 heterocycles. The third-order valence-electron chi connectivity index (χ3n) is 5.72. The van der Waals surface area contributed by atoms with Gasteiger partial charge in [-0.15, -0.1) is 0 Å². The second-order valence-electron chi connectivity index (χ2n) is 7.62. The summed E-state index contributed by atoms with van der Waals surface area (Å²) >= 11 is 6.28. The van der Waals surface area contributed by atoms with Crippen LogP contribution >= 0.6 is 11.6 Å². The van der Waals surface area contributed by atoms with Crippen LogP contribution in [0, 0.1) is 19.7 Å². The Balaban J connectivity index is 1.88. The highest BCUT2D eigenvalue weighted by atomic mass is 35.5. The zero-order valence-electron chi connectivity index (χ0n) is 17.1. The van der Waals surface area contributed by atoms with Crippen LogP contribution in [0.3, 0.4) is 0 Å². The van der Waals surface area contributed by atoms with Crippen LogP contribution < -0.4 is 4.90 Å². The summed E-state index contributed by atoms with van der Waals surface area (Å²) < 4.78 is 13.5. The van der Waals surface area contributed by atoms with E-state index < -0.39 is 6.04 Å². The molecular weight excluding hydrogens is 399 g/mol. The van der Waals surface area contributed by atoms with E-state index in [0.29, 0.717) is 17.2 Å². The molecular formula is C25H22ClFN2O. The third-order valence-corrected chi connectivity index (χ3v) is 5.96. The van der Waals surface area contributed by atoms with Crippen molar-refractivity contribution in [1.29, 1.82) is 0 Å². The number of benzodiazepines with no additional fused rings is 1. The average Bonchev–Trinajstić information content (AvgIpc) is 2.82. The summed E-state index contributed by atoms with van der Waals surface area (Å²) in [5.41, 5.74) is 6.31. The van der Waals surface area contributed by atoms with Gasteiger partial charge in [-0.3, -0.25) is 9.79 Å². The minimum Gasteiger partial charge on any atom is -0.313 e. The second kappa shape index (κ2) is 8.04. The van der Waals surface area contributed by atoms with E-state index >= 15 is 0 Å². The van der Waals surface area contributed by atoms with E-state index in [1.165, 1.54) is 17.7 Å². The summed E-state index contributed by atoms with van der Waals surface area (Å²) in [4.78, 5) is 19.9. The maximum atomic E-state index is 13.5. The summed E-state index contributed by atoms with van der Waals surface area (Å²) in [7, 11) is 1.76. The van der Waals surface area contributed by atoms with Crippen LogP contribution in [-0.2, 0) is 11.2 Å². The predicted molar refractivity (Wildman–Crippen MR) is 120 cm³/mol. The number of anilines is 1. The number of likely N-dealkylation sites (N-methyl/N-ethyl adjacent to an activating group) is 1. The van der Waals surface area contributed by atoms with Crippen molar-refractivity contribution in [1.82, 2.24) is 0 Å². The highest BCUT2D eigenvalue weighted by molar-refractivity contribution is 6.32. The van der Waals surface area contributed by atoms with Gasteiger partial charge in [0.2, 0.25) is 0 Å². The predicted octanol–water partition coefficient (Wildman–Crippen LogP) is 5.52. The smallest absolute Gasteiger partial charge is 0.251 e. The van der Waals surface area contributed by atoms with Gasteiger partial charge in [-0.25, -0.2) is 4.39 Å². The minimum absolute atomic E-state index is 0.0865. The average molecular weight is 421 g/mol. The number of aryl methyl sites for hydroxylation is 1. The molecule has 3 aromatic rings. The van der Waals surface area contributed by atoms with Gasteiger partial charge < -0.3 is 4.90 Å². The number of fused-ring (bicyclic) bond motifs is 1. The van der Waals surface area contributed by atoms with Gasteiger partial charge in [-0.05, 0) is 73.0 Å². The standard InChI is InChI=1S/C25H22ClFN2O/c1-15-5-4-6-18(16(15)2)13-22-25(30)29(3)23-12-9-19(26)14-21(23)24(28-22)17-7-10-20(27)11-8-17/h4-12,14,22H,13H2,1-3H3. The number of aliphatic imine (C=N–C) groups is 1. The van der Waals surface area contributed by atoms with E-state index in [9.17, 15) is 9.18 Å². The highest BCUT2D eigenvalue weighted by Gasteiger charge is 2.30. The Morgan fingerprint density at radius 2 is 1.80 bits per heavy atom. The lowest BCUT2D eigenvalue weighted by Crippen LogP contribution is -2.36. The third kappa shape index (κ3) is 3.75. The fraction of sp³-hybridized carbons (Fsp3) is 0.200. The lowest BCUT2D eigenvalue weighted by molar-refractivity contribution is -0.119. The van der Waals surface area contributed by atoms with E-state index in [-0.39, 0.29) is 11.7 Å². The Morgan fingerprint density at radius 1 is 1.07 bits per heavy atom. The monoisotopic (exact) mass is 420 g/mol. The number of benzene rings is 3. The van der Waals surface area contributed by atoms with Crippen molar-refractivity contribution in [2.75, 3.05) is 11.9 Å². The molecule has 0 radical (unpaired) electrons. The SMILES string of the molecule is Cc1cccc(CC2N=C(c3ccc(F)cc3)c3cc(Cl)ccc3N(C)C2=O)c1C. The summed E-state index contributed by atoms with van der Waals surface area (Å²) in [6.45, 7) is 4.12.